The van der Waals surface area contributed by atoms with E-state index in [9.17, 15) is 9.59 Å². The first-order chi connectivity index (χ1) is 7.58. The average Bonchev–Trinajstić information content (AvgIpc) is 2.65. The maximum absolute atomic E-state index is 11.7. The Morgan fingerprint density at radius 2 is 2.31 bits per heavy atom. The van der Waals surface area contributed by atoms with Crippen LogP contribution in [0.25, 0.3) is 0 Å². The fourth-order valence-electron chi connectivity index (χ4n) is 1.62. The van der Waals surface area contributed by atoms with Crippen LogP contribution in [0.4, 0.5) is 0 Å². The molecule has 2 heterocycles. The molecule has 0 bridgehead atoms. The van der Waals surface area contributed by atoms with Gasteiger partial charge in [0.15, 0.2) is 0 Å². The molecule has 1 unspecified atom stereocenters. The molecule has 0 saturated carbocycles. The summed E-state index contributed by atoms with van der Waals surface area (Å²) in [6.45, 7) is 0.335. The van der Waals surface area contributed by atoms with Gasteiger partial charge in [-0.2, -0.15) is 0 Å². The van der Waals surface area contributed by atoms with E-state index in [1.54, 1.807) is 0 Å². The molecule has 0 aliphatic carbocycles. The molecule has 1 atom stereocenters. The number of nitrogens with two attached hydrogens (primary N) is 1. The van der Waals surface area contributed by atoms with Crippen LogP contribution in [0.5, 0.6) is 0 Å². The number of carbonyl (C=O) groups is 2. The zero-order chi connectivity index (χ0) is 11.7. The van der Waals surface area contributed by atoms with Gasteiger partial charge in [0, 0.05) is 21.2 Å². The van der Waals surface area contributed by atoms with E-state index in [1.807, 2.05) is 11.4 Å². The Balaban J connectivity index is 2.13. The number of amides is 2. The van der Waals surface area contributed by atoms with Crippen LogP contribution >= 0.6 is 27.3 Å². The quantitative estimate of drug-likeness (QED) is 0.842. The van der Waals surface area contributed by atoms with E-state index in [2.05, 4.69) is 15.9 Å². The lowest BCUT2D eigenvalue weighted by Crippen LogP contribution is -2.50. The molecule has 0 radical (unpaired) electrons. The Hall–Kier alpha value is -0.720. The molecule has 1 saturated heterocycles. The van der Waals surface area contributed by atoms with Gasteiger partial charge in [-0.3, -0.25) is 14.5 Å². The number of likely N-dealkylation sites (tertiary alicyclic amines) is 1. The molecule has 2 amide bonds. The first-order valence-corrected chi connectivity index (χ1v) is 6.58. The van der Waals surface area contributed by atoms with Crippen molar-refractivity contribution in [2.75, 3.05) is 0 Å². The number of imide groups is 1. The van der Waals surface area contributed by atoms with Crippen molar-refractivity contribution >= 4 is 39.1 Å². The van der Waals surface area contributed by atoms with Gasteiger partial charge in [-0.05, 0) is 28.4 Å². The SMILES string of the molecule is NC1CCC(=O)N(Cc2cc(Br)cs2)C1=O. The van der Waals surface area contributed by atoms with E-state index in [-0.39, 0.29) is 11.8 Å². The third-order valence-electron chi connectivity index (χ3n) is 2.49. The number of hydrogen-bond donors (Lipinski definition) is 1. The van der Waals surface area contributed by atoms with Crippen LogP contribution in [0.2, 0.25) is 0 Å². The minimum Gasteiger partial charge on any atom is -0.320 e. The molecule has 1 aliphatic heterocycles. The first kappa shape index (κ1) is 11.8. The number of rotatable bonds is 2. The Morgan fingerprint density at radius 3 is 2.94 bits per heavy atom. The van der Waals surface area contributed by atoms with Gasteiger partial charge in [0.2, 0.25) is 11.8 Å². The number of nitrogens with zero attached hydrogens (tertiary/aromatic N) is 1. The normalized spacial score (nSPS) is 21.6. The van der Waals surface area contributed by atoms with Crippen molar-refractivity contribution in [2.24, 2.45) is 5.73 Å². The van der Waals surface area contributed by atoms with Crippen molar-refractivity contribution in [3.63, 3.8) is 0 Å². The van der Waals surface area contributed by atoms with E-state index < -0.39 is 6.04 Å². The van der Waals surface area contributed by atoms with Crippen LogP contribution in [0, 0.1) is 0 Å². The Labute approximate surface area is 106 Å². The molecule has 1 aliphatic rings. The molecular formula is C10H11BrN2O2S. The maximum atomic E-state index is 11.7. The van der Waals surface area contributed by atoms with Crippen molar-refractivity contribution in [1.29, 1.82) is 0 Å². The number of hydrogen-bond acceptors (Lipinski definition) is 4. The summed E-state index contributed by atoms with van der Waals surface area (Å²) in [5.41, 5.74) is 5.64. The van der Waals surface area contributed by atoms with Crippen LogP contribution in [0.15, 0.2) is 15.9 Å². The molecular weight excluding hydrogens is 292 g/mol. The van der Waals surface area contributed by atoms with Crippen LogP contribution in [-0.2, 0) is 16.1 Å². The zero-order valence-corrected chi connectivity index (χ0v) is 10.9. The van der Waals surface area contributed by atoms with Crippen molar-refractivity contribution in [3.05, 3.63) is 20.8 Å². The topological polar surface area (TPSA) is 63.4 Å². The van der Waals surface area contributed by atoms with Gasteiger partial charge < -0.3 is 5.73 Å². The zero-order valence-electron chi connectivity index (χ0n) is 8.48. The minimum absolute atomic E-state index is 0.128. The fraction of sp³-hybridized carbons (Fsp3) is 0.400. The van der Waals surface area contributed by atoms with Crippen molar-refractivity contribution in [3.8, 4) is 0 Å². The molecule has 16 heavy (non-hydrogen) atoms. The average molecular weight is 303 g/mol. The number of halogens is 1. The third-order valence-corrected chi connectivity index (χ3v) is 4.17. The largest absolute Gasteiger partial charge is 0.320 e. The molecule has 2 N–H and O–H groups in total. The predicted octanol–water partition coefficient (Wildman–Crippen LogP) is 1.49. The summed E-state index contributed by atoms with van der Waals surface area (Å²) in [6.07, 6.45) is 0.821. The second-order valence-corrected chi connectivity index (χ2v) is 5.61. The van der Waals surface area contributed by atoms with Crippen LogP contribution < -0.4 is 5.73 Å². The molecule has 0 spiro atoms. The second-order valence-electron chi connectivity index (χ2n) is 3.69. The Morgan fingerprint density at radius 1 is 1.56 bits per heavy atom. The number of piperidine rings is 1. The summed E-state index contributed by atoms with van der Waals surface area (Å²) in [5, 5.41) is 1.92. The summed E-state index contributed by atoms with van der Waals surface area (Å²) in [5.74, 6) is -0.392. The minimum atomic E-state index is -0.527. The van der Waals surface area contributed by atoms with Crippen LogP contribution in [0.3, 0.4) is 0 Å². The summed E-state index contributed by atoms with van der Waals surface area (Å²) in [6, 6.07) is 1.38. The Kier molecular flexibility index (Phi) is 3.41. The first-order valence-electron chi connectivity index (χ1n) is 4.90. The predicted molar refractivity (Wildman–Crippen MR) is 64.8 cm³/mol. The van der Waals surface area contributed by atoms with Gasteiger partial charge >= 0.3 is 0 Å². The summed E-state index contributed by atoms with van der Waals surface area (Å²) in [4.78, 5) is 25.6. The smallest absolute Gasteiger partial charge is 0.246 e. The highest BCUT2D eigenvalue weighted by Crippen LogP contribution is 2.23. The lowest BCUT2D eigenvalue weighted by Gasteiger charge is -2.28. The van der Waals surface area contributed by atoms with Crippen molar-refractivity contribution in [2.45, 2.75) is 25.4 Å². The van der Waals surface area contributed by atoms with Gasteiger partial charge in [0.05, 0.1) is 12.6 Å². The van der Waals surface area contributed by atoms with Crippen LogP contribution in [-0.4, -0.2) is 22.8 Å². The molecule has 0 aromatic carbocycles. The molecule has 1 fully saturated rings. The molecule has 6 heteroatoms. The lowest BCUT2D eigenvalue weighted by molar-refractivity contribution is -0.149. The van der Waals surface area contributed by atoms with E-state index in [1.165, 1.54) is 16.2 Å². The molecule has 1 aromatic heterocycles. The summed E-state index contributed by atoms with van der Waals surface area (Å²) < 4.78 is 0.966. The van der Waals surface area contributed by atoms with Gasteiger partial charge in [-0.25, -0.2) is 0 Å². The van der Waals surface area contributed by atoms with Gasteiger partial charge in [0.1, 0.15) is 0 Å². The number of carbonyl (C=O) groups excluding carboxylic acids is 2. The van der Waals surface area contributed by atoms with E-state index in [0.29, 0.717) is 19.4 Å². The highest BCUT2D eigenvalue weighted by atomic mass is 79.9. The lowest BCUT2D eigenvalue weighted by atomic mass is 10.1. The molecule has 2 rings (SSSR count). The highest BCUT2D eigenvalue weighted by Gasteiger charge is 2.32. The second kappa shape index (κ2) is 4.65. The maximum Gasteiger partial charge on any atom is 0.246 e. The van der Waals surface area contributed by atoms with E-state index in [0.717, 1.165) is 9.35 Å². The highest BCUT2D eigenvalue weighted by molar-refractivity contribution is 9.10. The summed E-state index contributed by atoms with van der Waals surface area (Å²) in [7, 11) is 0. The fourth-order valence-corrected chi connectivity index (χ4v) is 3.06. The van der Waals surface area contributed by atoms with Crippen LogP contribution in [0.1, 0.15) is 17.7 Å². The molecule has 4 nitrogen and oxygen atoms in total. The van der Waals surface area contributed by atoms with Gasteiger partial charge in [-0.15, -0.1) is 11.3 Å². The van der Waals surface area contributed by atoms with Crippen molar-refractivity contribution < 1.29 is 9.59 Å². The van der Waals surface area contributed by atoms with E-state index in [4.69, 9.17) is 5.73 Å². The van der Waals surface area contributed by atoms with Gasteiger partial charge in [-0.1, -0.05) is 0 Å². The van der Waals surface area contributed by atoms with Crippen molar-refractivity contribution in [1.82, 2.24) is 4.90 Å². The molecule has 1 aromatic rings. The third kappa shape index (κ3) is 2.34. The standard InChI is InChI=1S/C10H11BrN2O2S/c11-6-3-7(16-5-6)4-13-9(14)2-1-8(12)10(13)15/h3,5,8H,1-2,4,12H2. The van der Waals surface area contributed by atoms with E-state index >= 15 is 0 Å². The summed E-state index contributed by atoms with van der Waals surface area (Å²) >= 11 is 4.85. The Bertz CT molecular complexity index is 432. The monoisotopic (exact) mass is 302 g/mol. The van der Waals surface area contributed by atoms with Gasteiger partial charge in [0.25, 0.3) is 0 Å². The number of thiophene rings is 1. The molecule has 86 valence electrons.